The highest BCUT2D eigenvalue weighted by Gasteiger charge is 2.34. The molecule has 1 saturated carbocycles. The van der Waals surface area contributed by atoms with E-state index in [1.165, 1.54) is 11.0 Å². The number of anilines is 1. The topological polar surface area (TPSA) is 52.7 Å². The van der Waals surface area contributed by atoms with Crippen LogP contribution in [0.15, 0.2) is 18.2 Å². The van der Waals surface area contributed by atoms with Gasteiger partial charge in [-0.2, -0.15) is 13.2 Å². The molecule has 0 spiro atoms. The largest absolute Gasteiger partial charge is 0.416 e. The molecule has 1 aromatic rings. The zero-order valence-corrected chi connectivity index (χ0v) is 15.5. The van der Waals surface area contributed by atoms with Crippen LogP contribution < -0.4 is 10.2 Å². The SMILES string of the molecule is CN(C)C1CC(CNC(=O)c2cc(N3CCCC3=O)cc(C(F)(F)F)c2)C1. The number of carbonyl (C=O) groups excluding carboxylic acids is 2. The van der Waals surface area contributed by atoms with Crippen LogP contribution in [-0.4, -0.2) is 49.9 Å². The Kier molecular flexibility index (Phi) is 5.46. The highest BCUT2D eigenvalue weighted by molar-refractivity contribution is 5.99. The van der Waals surface area contributed by atoms with Gasteiger partial charge in [0.25, 0.3) is 5.91 Å². The summed E-state index contributed by atoms with van der Waals surface area (Å²) >= 11 is 0. The molecule has 1 aliphatic heterocycles. The Morgan fingerprint density at radius 3 is 2.52 bits per heavy atom. The second-order valence-electron chi connectivity index (χ2n) is 7.58. The van der Waals surface area contributed by atoms with Gasteiger partial charge in [0.05, 0.1) is 5.56 Å². The van der Waals surface area contributed by atoms with Crippen LogP contribution in [0.5, 0.6) is 0 Å². The van der Waals surface area contributed by atoms with E-state index in [-0.39, 0.29) is 17.2 Å². The average molecular weight is 383 g/mol. The molecular formula is C19H24F3N3O2. The Hall–Kier alpha value is -2.09. The molecular weight excluding hydrogens is 359 g/mol. The standard InChI is InChI=1S/C19H24F3N3O2/c1-24(2)15-6-12(7-15)11-23-18(27)13-8-14(19(20,21)22)10-16(9-13)25-5-3-4-17(25)26/h8-10,12,15H,3-7,11H2,1-2H3,(H,23,27). The lowest BCUT2D eigenvalue weighted by Crippen LogP contribution is -2.45. The van der Waals surface area contributed by atoms with Crippen LogP contribution in [0.1, 0.15) is 41.6 Å². The molecule has 27 heavy (non-hydrogen) atoms. The van der Waals surface area contributed by atoms with Gasteiger partial charge in [-0.25, -0.2) is 0 Å². The van der Waals surface area contributed by atoms with Gasteiger partial charge < -0.3 is 15.1 Å². The second-order valence-corrected chi connectivity index (χ2v) is 7.58. The number of alkyl halides is 3. The van der Waals surface area contributed by atoms with Crippen LogP contribution in [0, 0.1) is 5.92 Å². The highest BCUT2D eigenvalue weighted by atomic mass is 19.4. The van der Waals surface area contributed by atoms with Crippen LogP contribution in [0.3, 0.4) is 0 Å². The maximum Gasteiger partial charge on any atom is 0.416 e. The van der Waals surface area contributed by atoms with Crippen LogP contribution in [-0.2, 0) is 11.0 Å². The van der Waals surface area contributed by atoms with Crippen molar-refractivity contribution in [1.82, 2.24) is 10.2 Å². The van der Waals surface area contributed by atoms with Gasteiger partial charge in [0.1, 0.15) is 0 Å². The first-order chi connectivity index (χ1) is 12.6. The molecule has 0 bridgehead atoms. The van der Waals surface area contributed by atoms with Gasteiger partial charge in [-0.1, -0.05) is 0 Å². The van der Waals surface area contributed by atoms with Crippen LogP contribution in [0.4, 0.5) is 18.9 Å². The van der Waals surface area contributed by atoms with Crippen LogP contribution >= 0.6 is 0 Å². The first-order valence-electron chi connectivity index (χ1n) is 9.12. The lowest BCUT2D eigenvalue weighted by atomic mass is 9.79. The zero-order valence-electron chi connectivity index (χ0n) is 15.5. The molecule has 5 nitrogen and oxygen atoms in total. The molecule has 2 fully saturated rings. The number of carbonyl (C=O) groups is 2. The van der Waals surface area contributed by atoms with Crippen molar-refractivity contribution in [1.29, 1.82) is 0 Å². The summed E-state index contributed by atoms with van der Waals surface area (Å²) in [6.07, 6.45) is -1.74. The van der Waals surface area contributed by atoms with Crippen molar-refractivity contribution >= 4 is 17.5 Å². The number of benzene rings is 1. The maximum atomic E-state index is 13.3. The average Bonchev–Trinajstić information content (AvgIpc) is 2.97. The summed E-state index contributed by atoms with van der Waals surface area (Å²) in [4.78, 5) is 27.8. The minimum atomic E-state index is -4.58. The minimum absolute atomic E-state index is 0.0667. The Bertz CT molecular complexity index is 727. The molecule has 3 rings (SSSR count). The number of nitrogens with zero attached hydrogens (tertiary/aromatic N) is 2. The Morgan fingerprint density at radius 1 is 1.26 bits per heavy atom. The van der Waals surface area contributed by atoms with E-state index in [9.17, 15) is 22.8 Å². The third kappa shape index (κ3) is 4.43. The Balaban J connectivity index is 1.73. The van der Waals surface area contributed by atoms with E-state index in [1.54, 1.807) is 0 Å². The molecule has 1 aliphatic carbocycles. The molecule has 8 heteroatoms. The summed E-state index contributed by atoms with van der Waals surface area (Å²) in [7, 11) is 4.01. The van der Waals surface area contributed by atoms with Crippen LogP contribution in [0.2, 0.25) is 0 Å². The highest BCUT2D eigenvalue weighted by Crippen LogP contribution is 2.34. The van der Waals surface area contributed by atoms with Crippen molar-refractivity contribution in [3.05, 3.63) is 29.3 Å². The van der Waals surface area contributed by atoms with Crippen molar-refractivity contribution < 1.29 is 22.8 Å². The quantitative estimate of drug-likeness (QED) is 0.851. The molecule has 0 unspecified atom stereocenters. The first-order valence-corrected chi connectivity index (χ1v) is 9.12. The maximum absolute atomic E-state index is 13.3. The third-order valence-electron chi connectivity index (χ3n) is 5.38. The predicted molar refractivity (Wildman–Crippen MR) is 95.6 cm³/mol. The van der Waals surface area contributed by atoms with E-state index in [0.29, 0.717) is 37.9 Å². The molecule has 2 amide bonds. The summed E-state index contributed by atoms with van der Waals surface area (Å²) in [6.45, 7) is 0.812. The van der Waals surface area contributed by atoms with Crippen molar-refractivity contribution in [2.24, 2.45) is 5.92 Å². The van der Waals surface area contributed by atoms with Gasteiger partial charge in [0.2, 0.25) is 5.91 Å². The predicted octanol–water partition coefficient (Wildman–Crippen LogP) is 2.90. The number of hydrogen-bond donors (Lipinski definition) is 1. The smallest absolute Gasteiger partial charge is 0.352 e. The molecule has 0 atom stereocenters. The number of halogens is 3. The Labute approximate surface area is 156 Å². The minimum Gasteiger partial charge on any atom is -0.352 e. The first kappa shape index (κ1) is 19.7. The number of rotatable bonds is 5. The summed E-state index contributed by atoms with van der Waals surface area (Å²) in [5.74, 6) is -0.418. The fourth-order valence-electron chi connectivity index (χ4n) is 3.61. The van der Waals surface area contributed by atoms with Gasteiger partial charge >= 0.3 is 6.18 Å². The van der Waals surface area contributed by atoms with Gasteiger partial charge in [0, 0.05) is 36.8 Å². The molecule has 1 N–H and O–H groups in total. The third-order valence-corrected chi connectivity index (χ3v) is 5.38. The molecule has 0 aromatic heterocycles. The van der Waals surface area contributed by atoms with E-state index in [0.717, 1.165) is 25.0 Å². The fourth-order valence-corrected chi connectivity index (χ4v) is 3.61. The van der Waals surface area contributed by atoms with Crippen molar-refractivity contribution in [2.75, 3.05) is 32.1 Å². The van der Waals surface area contributed by atoms with Gasteiger partial charge in [0.15, 0.2) is 0 Å². The van der Waals surface area contributed by atoms with Crippen molar-refractivity contribution in [3.63, 3.8) is 0 Å². The van der Waals surface area contributed by atoms with E-state index in [4.69, 9.17) is 0 Å². The number of hydrogen-bond acceptors (Lipinski definition) is 3. The number of amides is 2. The molecule has 2 aliphatic rings. The van der Waals surface area contributed by atoms with E-state index in [2.05, 4.69) is 10.2 Å². The summed E-state index contributed by atoms with van der Waals surface area (Å²) < 4.78 is 39.8. The Morgan fingerprint density at radius 2 is 1.96 bits per heavy atom. The van der Waals surface area contributed by atoms with Gasteiger partial charge in [-0.3, -0.25) is 9.59 Å². The molecule has 1 heterocycles. The van der Waals surface area contributed by atoms with E-state index >= 15 is 0 Å². The lowest BCUT2D eigenvalue weighted by Gasteiger charge is -2.39. The fraction of sp³-hybridized carbons (Fsp3) is 0.579. The van der Waals surface area contributed by atoms with E-state index in [1.807, 2.05) is 14.1 Å². The van der Waals surface area contributed by atoms with Gasteiger partial charge in [-0.15, -0.1) is 0 Å². The van der Waals surface area contributed by atoms with E-state index < -0.39 is 17.6 Å². The summed E-state index contributed by atoms with van der Waals surface area (Å²) in [6, 6.07) is 3.65. The van der Waals surface area contributed by atoms with Gasteiger partial charge in [-0.05, 0) is 57.5 Å². The normalized spacial score (nSPS) is 22.9. The summed E-state index contributed by atoms with van der Waals surface area (Å²) in [5, 5.41) is 2.74. The molecule has 148 valence electrons. The second kappa shape index (κ2) is 7.50. The zero-order chi connectivity index (χ0) is 19.8. The summed E-state index contributed by atoms with van der Waals surface area (Å²) in [5.41, 5.74) is -0.849. The van der Waals surface area contributed by atoms with Crippen molar-refractivity contribution in [2.45, 2.75) is 37.9 Å². The molecule has 1 aromatic carbocycles. The van der Waals surface area contributed by atoms with Crippen molar-refractivity contribution in [3.8, 4) is 0 Å². The lowest BCUT2D eigenvalue weighted by molar-refractivity contribution is -0.137. The molecule has 1 saturated heterocycles. The van der Waals surface area contributed by atoms with Crippen LogP contribution in [0.25, 0.3) is 0 Å². The monoisotopic (exact) mass is 383 g/mol. The molecule has 0 radical (unpaired) electrons. The number of nitrogens with one attached hydrogen (secondary N) is 1.